The fourth-order valence-corrected chi connectivity index (χ4v) is 2.78. The predicted molar refractivity (Wildman–Crippen MR) is 89.8 cm³/mol. The number of hydrogen-bond donors (Lipinski definition) is 1. The highest BCUT2D eigenvalue weighted by molar-refractivity contribution is 6.30. The van der Waals surface area contributed by atoms with Crippen LogP contribution in [0.5, 0.6) is 0 Å². The Labute approximate surface area is 145 Å². The summed E-state index contributed by atoms with van der Waals surface area (Å²) in [6.45, 7) is 2.15. The van der Waals surface area contributed by atoms with Crippen molar-refractivity contribution in [2.24, 2.45) is 7.05 Å². The molecule has 128 valence electrons. The summed E-state index contributed by atoms with van der Waals surface area (Å²) >= 11 is 5.91. The van der Waals surface area contributed by atoms with Crippen molar-refractivity contribution in [1.82, 2.24) is 25.0 Å². The maximum absolute atomic E-state index is 12.3. The molecule has 1 aromatic heterocycles. The van der Waals surface area contributed by atoms with Gasteiger partial charge in [0.2, 0.25) is 0 Å². The molecule has 0 bridgehead atoms. The van der Waals surface area contributed by atoms with E-state index in [0.717, 1.165) is 11.4 Å². The molecule has 1 atom stereocenters. The number of urea groups is 1. The number of nitrogens with one attached hydrogen (secondary N) is 1. The van der Waals surface area contributed by atoms with Gasteiger partial charge in [0, 0.05) is 31.6 Å². The minimum Gasteiger partial charge on any atom is -0.370 e. The first-order valence-corrected chi connectivity index (χ1v) is 8.24. The van der Waals surface area contributed by atoms with E-state index in [-0.39, 0.29) is 12.1 Å². The summed E-state index contributed by atoms with van der Waals surface area (Å²) in [6, 6.07) is 7.45. The molecule has 2 heterocycles. The second-order valence-electron chi connectivity index (χ2n) is 5.64. The average Bonchev–Trinajstić information content (AvgIpc) is 3.01. The lowest BCUT2D eigenvalue weighted by Gasteiger charge is -2.33. The van der Waals surface area contributed by atoms with Crippen molar-refractivity contribution in [3.63, 3.8) is 0 Å². The van der Waals surface area contributed by atoms with Crippen molar-refractivity contribution >= 4 is 17.6 Å². The van der Waals surface area contributed by atoms with E-state index < -0.39 is 0 Å². The lowest BCUT2D eigenvalue weighted by atomic mass is 10.1. The zero-order valence-electron chi connectivity index (χ0n) is 13.5. The topological polar surface area (TPSA) is 72.3 Å². The lowest BCUT2D eigenvalue weighted by Crippen LogP contribution is -2.47. The molecular formula is C16H20ClN5O2. The Morgan fingerprint density at radius 2 is 2.21 bits per heavy atom. The summed E-state index contributed by atoms with van der Waals surface area (Å²) in [4.78, 5) is 18.3. The van der Waals surface area contributed by atoms with Crippen LogP contribution in [0.3, 0.4) is 0 Å². The number of carbonyl (C=O) groups excluding carboxylic acids is 1. The van der Waals surface area contributed by atoms with E-state index in [1.807, 2.05) is 31.3 Å². The van der Waals surface area contributed by atoms with Crippen LogP contribution in [0.15, 0.2) is 30.6 Å². The minimum atomic E-state index is -0.125. The number of rotatable bonds is 4. The maximum atomic E-state index is 12.3. The van der Waals surface area contributed by atoms with Crippen LogP contribution in [0.4, 0.5) is 4.79 Å². The Bertz CT molecular complexity index is 688. The molecule has 1 N–H and O–H groups in total. The molecule has 0 aliphatic carbocycles. The van der Waals surface area contributed by atoms with E-state index in [1.54, 1.807) is 9.58 Å². The summed E-state index contributed by atoms with van der Waals surface area (Å²) in [7, 11) is 1.84. The third-order valence-corrected chi connectivity index (χ3v) is 4.28. The number of carbonyl (C=O) groups is 1. The Balaban J connectivity index is 1.51. The number of halogens is 1. The molecule has 2 aromatic rings. The first-order valence-electron chi connectivity index (χ1n) is 7.86. The van der Waals surface area contributed by atoms with Crippen molar-refractivity contribution in [2.75, 3.05) is 26.2 Å². The van der Waals surface area contributed by atoms with Gasteiger partial charge in [-0.2, -0.15) is 5.10 Å². The summed E-state index contributed by atoms with van der Waals surface area (Å²) in [5.41, 5.74) is 1.02. The van der Waals surface area contributed by atoms with E-state index in [9.17, 15) is 4.79 Å². The number of ether oxygens (including phenoxy) is 1. The van der Waals surface area contributed by atoms with Gasteiger partial charge in [-0.1, -0.05) is 23.7 Å². The van der Waals surface area contributed by atoms with Crippen LogP contribution in [0.25, 0.3) is 0 Å². The van der Waals surface area contributed by atoms with Crippen LogP contribution >= 0.6 is 11.6 Å². The highest BCUT2D eigenvalue weighted by Crippen LogP contribution is 2.23. The average molecular weight is 350 g/mol. The lowest BCUT2D eigenvalue weighted by molar-refractivity contribution is -0.0154. The largest absolute Gasteiger partial charge is 0.370 e. The molecule has 1 aromatic carbocycles. The molecule has 2 amide bonds. The van der Waals surface area contributed by atoms with Gasteiger partial charge in [0.15, 0.2) is 0 Å². The van der Waals surface area contributed by atoms with Gasteiger partial charge in [-0.05, 0) is 17.7 Å². The summed E-state index contributed by atoms with van der Waals surface area (Å²) in [5.74, 6) is 0.844. The molecule has 3 rings (SSSR count). The number of nitrogens with zero attached hydrogens (tertiary/aromatic N) is 4. The summed E-state index contributed by atoms with van der Waals surface area (Å²) in [6.07, 6.45) is 2.03. The third-order valence-electron chi connectivity index (χ3n) is 4.03. The molecule has 1 aliphatic rings. The zero-order chi connectivity index (χ0) is 16.9. The number of morpholine rings is 1. The van der Waals surface area contributed by atoms with E-state index >= 15 is 0 Å². The molecular weight excluding hydrogens is 330 g/mol. The van der Waals surface area contributed by atoms with Gasteiger partial charge >= 0.3 is 6.03 Å². The first kappa shape index (κ1) is 16.7. The Kier molecular flexibility index (Phi) is 5.32. The molecule has 0 spiro atoms. The molecule has 7 nitrogen and oxygen atoms in total. The van der Waals surface area contributed by atoms with Crippen LogP contribution < -0.4 is 5.32 Å². The quantitative estimate of drug-likeness (QED) is 0.913. The monoisotopic (exact) mass is 349 g/mol. The van der Waals surface area contributed by atoms with Crippen LogP contribution in [0.2, 0.25) is 5.02 Å². The van der Waals surface area contributed by atoms with Crippen molar-refractivity contribution in [2.45, 2.75) is 12.5 Å². The minimum absolute atomic E-state index is 0.0839. The highest BCUT2D eigenvalue weighted by Gasteiger charge is 2.25. The van der Waals surface area contributed by atoms with Gasteiger partial charge in [-0.3, -0.25) is 4.68 Å². The predicted octanol–water partition coefficient (Wildman–Crippen LogP) is 1.79. The van der Waals surface area contributed by atoms with Crippen LogP contribution in [-0.2, 0) is 18.2 Å². The van der Waals surface area contributed by atoms with Gasteiger partial charge in [-0.15, -0.1) is 0 Å². The summed E-state index contributed by atoms with van der Waals surface area (Å²) in [5, 5.41) is 7.63. The van der Waals surface area contributed by atoms with E-state index in [0.29, 0.717) is 37.7 Å². The van der Waals surface area contributed by atoms with Gasteiger partial charge in [0.05, 0.1) is 13.2 Å². The summed E-state index contributed by atoms with van der Waals surface area (Å²) < 4.78 is 7.48. The van der Waals surface area contributed by atoms with Crippen LogP contribution in [0.1, 0.15) is 17.5 Å². The molecule has 8 heteroatoms. The van der Waals surface area contributed by atoms with Gasteiger partial charge in [0.25, 0.3) is 0 Å². The van der Waals surface area contributed by atoms with E-state index in [2.05, 4.69) is 15.4 Å². The van der Waals surface area contributed by atoms with Gasteiger partial charge < -0.3 is 15.0 Å². The Morgan fingerprint density at radius 3 is 2.92 bits per heavy atom. The Morgan fingerprint density at radius 1 is 1.42 bits per heavy atom. The number of aryl methyl sites for hydroxylation is 1. The molecule has 0 saturated carbocycles. The standard InChI is InChI=1S/C16H20ClN5O2/c1-21-15(19-11-20-21)6-7-18-16(23)22-8-9-24-14(10-22)12-2-4-13(17)5-3-12/h2-5,11,14H,6-10H2,1H3,(H,18,23). The third kappa shape index (κ3) is 4.04. The molecule has 1 saturated heterocycles. The van der Waals surface area contributed by atoms with Crippen LogP contribution in [0, 0.1) is 0 Å². The van der Waals surface area contributed by atoms with Crippen molar-refractivity contribution in [1.29, 1.82) is 0 Å². The number of aromatic nitrogens is 3. The Hall–Kier alpha value is -2.12. The maximum Gasteiger partial charge on any atom is 0.317 e. The smallest absolute Gasteiger partial charge is 0.317 e. The molecule has 1 aliphatic heterocycles. The highest BCUT2D eigenvalue weighted by atomic mass is 35.5. The molecule has 1 unspecified atom stereocenters. The SMILES string of the molecule is Cn1ncnc1CCNC(=O)N1CCOC(c2ccc(Cl)cc2)C1. The van der Waals surface area contributed by atoms with Crippen molar-refractivity contribution < 1.29 is 9.53 Å². The molecule has 1 fully saturated rings. The van der Waals surface area contributed by atoms with Gasteiger partial charge in [0.1, 0.15) is 18.3 Å². The zero-order valence-corrected chi connectivity index (χ0v) is 14.2. The van der Waals surface area contributed by atoms with E-state index in [1.165, 1.54) is 6.33 Å². The second-order valence-corrected chi connectivity index (χ2v) is 6.08. The van der Waals surface area contributed by atoms with Gasteiger partial charge in [-0.25, -0.2) is 9.78 Å². The van der Waals surface area contributed by atoms with E-state index in [4.69, 9.17) is 16.3 Å². The molecule has 0 radical (unpaired) electrons. The fourth-order valence-electron chi connectivity index (χ4n) is 2.65. The second kappa shape index (κ2) is 7.63. The molecule has 24 heavy (non-hydrogen) atoms. The normalized spacial score (nSPS) is 17.8. The number of amides is 2. The fraction of sp³-hybridized carbons (Fsp3) is 0.438. The first-order chi connectivity index (χ1) is 11.6. The van der Waals surface area contributed by atoms with Crippen LogP contribution in [-0.4, -0.2) is 51.9 Å². The van der Waals surface area contributed by atoms with Crippen molar-refractivity contribution in [3.05, 3.63) is 47.0 Å². The number of benzene rings is 1. The number of hydrogen-bond acceptors (Lipinski definition) is 4. The van der Waals surface area contributed by atoms with Crippen molar-refractivity contribution in [3.8, 4) is 0 Å².